The zero-order valence-electron chi connectivity index (χ0n) is 13.2. The number of halogens is 3. The maximum atomic E-state index is 12.8. The summed E-state index contributed by atoms with van der Waals surface area (Å²) in [6.45, 7) is 3.10. The SMILES string of the molecule is Cl.Cl.O=C(CCCN1CCC(c2cncs2)C1)c1ccc(F)cc1. The first-order valence-electron chi connectivity index (χ1n) is 7.62. The highest BCUT2D eigenvalue weighted by Gasteiger charge is 2.24. The number of benzene rings is 1. The molecule has 132 valence electrons. The van der Waals surface area contributed by atoms with Crippen LogP contribution in [0.25, 0.3) is 0 Å². The van der Waals surface area contributed by atoms with Crippen LogP contribution >= 0.6 is 36.2 Å². The molecule has 0 radical (unpaired) electrons. The van der Waals surface area contributed by atoms with Gasteiger partial charge in [-0.2, -0.15) is 0 Å². The van der Waals surface area contributed by atoms with Crippen LogP contribution in [0.15, 0.2) is 36.0 Å². The van der Waals surface area contributed by atoms with Crippen molar-refractivity contribution in [2.24, 2.45) is 0 Å². The summed E-state index contributed by atoms with van der Waals surface area (Å²) in [4.78, 5) is 20.0. The van der Waals surface area contributed by atoms with E-state index < -0.39 is 0 Å². The van der Waals surface area contributed by atoms with Crippen LogP contribution < -0.4 is 0 Å². The van der Waals surface area contributed by atoms with E-state index >= 15 is 0 Å². The van der Waals surface area contributed by atoms with Gasteiger partial charge >= 0.3 is 0 Å². The van der Waals surface area contributed by atoms with Crippen LogP contribution in [0.2, 0.25) is 0 Å². The van der Waals surface area contributed by atoms with E-state index in [0.717, 1.165) is 26.1 Å². The number of nitrogens with zero attached hydrogens (tertiary/aromatic N) is 2. The molecule has 1 atom stereocenters. The summed E-state index contributed by atoms with van der Waals surface area (Å²) in [6, 6.07) is 5.81. The smallest absolute Gasteiger partial charge is 0.162 e. The molecule has 0 spiro atoms. The Labute approximate surface area is 158 Å². The van der Waals surface area contributed by atoms with Gasteiger partial charge in [-0.05, 0) is 50.2 Å². The lowest BCUT2D eigenvalue weighted by Gasteiger charge is -2.15. The second kappa shape index (κ2) is 10.1. The van der Waals surface area contributed by atoms with Crippen molar-refractivity contribution < 1.29 is 9.18 Å². The van der Waals surface area contributed by atoms with E-state index in [1.54, 1.807) is 23.5 Å². The molecule has 1 aromatic carbocycles. The lowest BCUT2D eigenvalue weighted by atomic mass is 10.1. The van der Waals surface area contributed by atoms with E-state index in [9.17, 15) is 9.18 Å². The van der Waals surface area contributed by atoms with E-state index in [-0.39, 0.29) is 36.4 Å². The summed E-state index contributed by atoms with van der Waals surface area (Å²) in [6.07, 6.45) is 4.52. The molecule has 0 N–H and O–H groups in total. The van der Waals surface area contributed by atoms with E-state index in [1.165, 1.54) is 23.4 Å². The fourth-order valence-corrected chi connectivity index (χ4v) is 3.69. The van der Waals surface area contributed by atoms with Gasteiger partial charge in [0.2, 0.25) is 0 Å². The molecule has 1 aliphatic rings. The van der Waals surface area contributed by atoms with Gasteiger partial charge in [0.15, 0.2) is 5.78 Å². The van der Waals surface area contributed by atoms with Crippen molar-refractivity contribution in [2.75, 3.05) is 19.6 Å². The molecule has 1 fully saturated rings. The van der Waals surface area contributed by atoms with Gasteiger partial charge < -0.3 is 4.90 Å². The minimum Gasteiger partial charge on any atom is -0.303 e. The Morgan fingerprint density at radius 3 is 2.71 bits per heavy atom. The first-order chi connectivity index (χ1) is 10.7. The number of ketones is 1. The first kappa shape index (κ1) is 21.0. The lowest BCUT2D eigenvalue weighted by molar-refractivity contribution is 0.0976. The molecule has 2 aromatic rings. The summed E-state index contributed by atoms with van der Waals surface area (Å²) >= 11 is 1.73. The van der Waals surface area contributed by atoms with Crippen molar-refractivity contribution in [3.8, 4) is 0 Å². The van der Waals surface area contributed by atoms with Gasteiger partial charge in [-0.25, -0.2) is 4.39 Å². The van der Waals surface area contributed by atoms with Gasteiger partial charge in [0.1, 0.15) is 5.82 Å². The third-order valence-corrected chi connectivity index (χ3v) is 5.11. The van der Waals surface area contributed by atoms with Gasteiger partial charge in [0.05, 0.1) is 5.51 Å². The van der Waals surface area contributed by atoms with Crippen LogP contribution in [0.5, 0.6) is 0 Å². The van der Waals surface area contributed by atoms with Gasteiger partial charge in [0.25, 0.3) is 0 Å². The number of rotatable bonds is 6. The first-order valence-corrected chi connectivity index (χ1v) is 8.50. The molecular formula is C17H21Cl2FN2OS. The van der Waals surface area contributed by atoms with Crippen molar-refractivity contribution in [3.63, 3.8) is 0 Å². The summed E-state index contributed by atoms with van der Waals surface area (Å²) < 4.78 is 12.8. The topological polar surface area (TPSA) is 33.2 Å². The third kappa shape index (κ3) is 5.52. The summed E-state index contributed by atoms with van der Waals surface area (Å²) in [5, 5.41) is 0. The van der Waals surface area contributed by atoms with Crippen molar-refractivity contribution in [1.29, 1.82) is 0 Å². The molecule has 0 amide bonds. The van der Waals surface area contributed by atoms with Crippen molar-refractivity contribution in [2.45, 2.75) is 25.2 Å². The number of hydrogen-bond acceptors (Lipinski definition) is 4. The van der Waals surface area contributed by atoms with Gasteiger partial charge in [-0.3, -0.25) is 9.78 Å². The van der Waals surface area contributed by atoms with Gasteiger partial charge in [-0.15, -0.1) is 36.2 Å². The molecular weight excluding hydrogens is 370 g/mol. The molecule has 24 heavy (non-hydrogen) atoms. The molecule has 0 bridgehead atoms. The molecule has 1 aliphatic heterocycles. The quantitative estimate of drug-likeness (QED) is 0.676. The number of carbonyl (C=O) groups excluding carboxylic acids is 1. The zero-order chi connectivity index (χ0) is 15.4. The monoisotopic (exact) mass is 390 g/mol. The summed E-state index contributed by atoms with van der Waals surface area (Å²) in [5.74, 6) is 0.390. The van der Waals surface area contributed by atoms with E-state index in [1.807, 2.05) is 11.7 Å². The highest BCUT2D eigenvalue weighted by atomic mass is 35.5. The highest BCUT2D eigenvalue weighted by Crippen LogP contribution is 2.29. The number of aromatic nitrogens is 1. The van der Waals surface area contributed by atoms with Crippen LogP contribution in [0.3, 0.4) is 0 Å². The Bertz CT molecular complexity index is 622. The van der Waals surface area contributed by atoms with Crippen LogP contribution in [0.4, 0.5) is 4.39 Å². The number of Topliss-reactive ketones (excluding diaryl/α,β-unsaturated/α-hetero) is 1. The second-order valence-corrected chi connectivity index (χ2v) is 6.64. The van der Waals surface area contributed by atoms with Crippen LogP contribution in [0, 0.1) is 5.82 Å². The van der Waals surface area contributed by atoms with Crippen molar-refractivity contribution in [1.82, 2.24) is 9.88 Å². The van der Waals surface area contributed by atoms with Crippen molar-refractivity contribution in [3.05, 3.63) is 52.2 Å². The molecule has 1 aromatic heterocycles. The molecule has 0 saturated carbocycles. The average Bonchev–Trinajstić information content (AvgIpc) is 3.19. The second-order valence-electron chi connectivity index (χ2n) is 5.72. The highest BCUT2D eigenvalue weighted by molar-refractivity contribution is 7.09. The van der Waals surface area contributed by atoms with E-state index in [4.69, 9.17) is 0 Å². The third-order valence-electron chi connectivity index (χ3n) is 4.17. The number of hydrogen-bond donors (Lipinski definition) is 0. The Morgan fingerprint density at radius 2 is 2.04 bits per heavy atom. The molecule has 0 aliphatic carbocycles. The minimum absolute atomic E-state index is 0. The number of likely N-dealkylation sites (tertiary alicyclic amines) is 1. The zero-order valence-corrected chi connectivity index (χ0v) is 15.6. The average molecular weight is 391 g/mol. The fourth-order valence-electron chi connectivity index (χ4n) is 2.94. The Hall–Kier alpha value is -1.01. The molecule has 3 nitrogen and oxygen atoms in total. The van der Waals surface area contributed by atoms with Crippen molar-refractivity contribution >= 4 is 41.9 Å². The standard InChI is InChI=1S/C17H19FN2OS.2ClH/c18-15-5-3-13(4-6-15)16(21)2-1-8-20-9-7-14(11-20)17-10-19-12-22-17;;/h3-6,10,12,14H,1-2,7-9,11H2;2*1H. The maximum absolute atomic E-state index is 12.8. The minimum atomic E-state index is -0.303. The largest absolute Gasteiger partial charge is 0.303 e. The maximum Gasteiger partial charge on any atom is 0.162 e. The predicted octanol–water partition coefficient (Wildman–Crippen LogP) is 4.58. The van der Waals surface area contributed by atoms with Crippen LogP contribution in [0.1, 0.15) is 40.4 Å². The van der Waals surface area contributed by atoms with Gasteiger partial charge in [0, 0.05) is 35.5 Å². The fraction of sp³-hybridized carbons (Fsp3) is 0.412. The Balaban J connectivity index is 0.00000144. The Morgan fingerprint density at radius 1 is 1.29 bits per heavy atom. The summed E-state index contributed by atoms with van der Waals surface area (Å²) in [7, 11) is 0. The molecule has 7 heteroatoms. The van der Waals surface area contributed by atoms with Crippen LogP contribution in [-0.4, -0.2) is 35.3 Å². The van der Waals surface area contributed by atoms with Crippen LogP contribution in [-0.2, 0) is 0 Å². The number of carbonyl (C=O) groups is 1. The molecule has 3 rings (SSSR count). The molecule has 1 saturated heterocycles. The molecule has 2 heterocycles. The number of thiazole rings is 1. The van der Waals surface area contributed by atoms with E-state index in [2.05, 4.69) is 9.88 Å². The van der Waals surface area contributed by atoms with Gasteiger partial charge in [-0.1, -0.05) is 0 Å². The molecule has 1 unspecified atom stereocenters. The van der Waals surface area contributed by atoms with E-state index in [0.29, 0.717) is 17.9 Å². The summed E-state index contributed by atoms with van der Waals surface area (Å²) in [5.41, 5.74) is 2.49. The normalized spacial score (nSPS) is 17.1. The lowest BCUT2D eigenvalue weighted by Crippen LogP contribution is -2.22. The Kier molecular flexibility index (Phi) is 8.84. The predicted molar refractivity (Wildman–Crippen MR) is 100 cm³/mol.